The van der Waals surface area contributed by atoms with Gasteiger partial charge >= 0.3 is 0 Å². The Morgan fingerprint density at radius 1 is 1.22 bits per heavy atom. The molecule has 0 unspecified atom stereocenters. The molecule has 114 valence electrons. The quantitative estimate of drug-likeness (QED) is 0.795. The molecule has 3 aromatic rings. The number of aryl methyl sites for hydroxylation is 1. The second kappa shape index (κ2) is 6.20. The fourth-order valence-corrected chi connectivity index (χ4v) is 2.00. The third kappa shape index (κ3) is 3.30. The van der Waals surface area contributed by atoms with Crippen LogP contribution in [0.15, 0.2) is 47.0 Å². The summed E-state index contributed by atoms with van der Waals surface area (Å²) < 4.78 is 10.7. The Bertz CT molecular complexity index is 864. The molecule has 23 heavy (non-hydrogen) atoms. The van der Waals surface area contributed by atoms with Gasteiger partial charge in [0.1, 0.15) is 11.5 Å². The minimum Gasteiger partial charge on any atom is -0.508 e. The van der Waals surface area contributed by atoms with Crippen LogP contribution >= 0.6 is 0 Å². The smallest absolute Gasteiger partial charge is 0.264 e. The van der Waals surface area contributed by atoms with Crippen molar-refractivity contribution in [3.63, 3.8) is 0 Å². The van der Waals surface area contributed by atoms with E-state index in [-0.39, 0.29) is 12.4 Å². The zero-order chi connectivity index (χ0) is 16.2. The van der Waals surface area contributed by atoms with Crippen LogP contribution in [-0.4, -0.2) is 15.2 Å². The fourth-order valence-electron chi connectivity index (χ4n) is 2.00. The van der Waals surface area contributed by atoms with E-state index in [0.29, 0.717) is 23.0 Å². The maximum absolute atomic E-state index is 9.54. The highest BCUT2D eigenvalue weighted by Gasteiger charge is 2.10. The number of phenols is 1. The van der Waals surface area contributed by atoms with E-state index in [4.69, 9.17) is 14.5 Å². The van der Waals surface area contributed by atoms with Gasteiger partial charge in [0.2, 0.25) is 5.82 Å². The number of phenolic OH excluding ortho intramolecular Hbond substituents is 1. The van der Waals surface area contributed by atoms with Crippen molar-refractivity contribution < 1.29 is 14.4 Å². The van der Waals surface area contributed by atoms with Gasteiger partial charge in [0, 0.05) is 5.56 Å². The summed E-state index contributed by atoms with van der Waals surface area (Å²) in [7, 11) is 0. The van der Waals surface area contributed by atoms with Gasteiger partial charge in [0.05, 0.1) is 11.6 Å². The SMILES string of the molecule is Cc1cc(-c2noc(COc3ccc(C#N)cc3)n2)ccc1O. The van der Waals surface area contributed by atoms with Crippen molar-refractivity contribution in [3.8, 4) is 29.0 Å². The van der Waals surface area contributed by atoms with E-state index in [1.54, 1.807) is 49.4 Å². The molecule has 0 atom stereocenters. The van der Waals surface area contributed by atoms with E-state index >= 15 is 0 Å². The van der Waals surface area contributed by atoms with Gasteiger partial charge in [0.15, 0.2) is 6.61 Å². The predicted octanol–water partition coefficient (Wildman–Crippen LogP) is 3.20. The minimum atomic E-state index is 0.135. The number of aromatic nitrogens is 2. The van der Waals surface area contributed by atoms with Crippen molar-refractivity contribution in [3.05, 3.63) is 59.5 Å². The molecule has 1 aromatic heterocycles. The molecule has 6 heteroatoms. The van der Waals surface area contributed by atoms with Gasteiger partial charge in [-0.1, -0.05) is 5.16 Å². The van der Waals surface area contributed by atoms with Crippen molar-refractivity contribution >= 4 is 0 Å². The van der Waals surface area contributed by atoms with Gasteiger partial charge in [-0.25, -0.2) is 0 Å². The van der Waals surface area contributed by atoms with Crippen molar-refractivity contribution in [1.29, 1.82) is 5.26 Å². The monoisotopic (exact) mass is 307 g/mol. The average molecular weight is 307 g/mol. The normalized spacial score (nSPS) is 10.3. The van der Waals surface area contributed by atoms with E-state index in [1.807, 2.05) is 6.07 Å². The van der Waals surface area contributed by atoms with Gasteiger partial charge < -0.3 is 14.4 Å². The first-order valence-corrected chi connectivity index (χ1v) is 6.91. The number of nitrogens with zero attached hydrogens (tertiary/aromatic N) is 3. The lowest BCUT2D eigenvalue weighted by Crippen LogP contribution is -1.95. The number of ether oxygens (including phenoxy) is 1. The molecule has 0 saturated carbocycles. The van der Waals surface area contributed by atoms with Gasteiger partial charge in [-0.05, 0) is 55.0 Å². The summed E-state index contributed by atoms with van der Waals surface area (Å²) in [5.74, 6) is 1.62. The summed E-state index contributed by atoms with van der Waals surface area (Å²) in [6.45, 7) is 1.93. The molecule has 1 heterocycles. The lowest BCUT2D eigenvalue weighted by Gasteiger charge is -2.02. The maximum atomic E-state index is 9.54. The number of nitriles is 1. The Balaban J connectivity index is 1.69. The molecule has 3 rings (SSSR count). The number of hydrogen-bond donors (Lipinski definition) is 1. The van der Waals surface area contributed by atoms with E-state index in [0.717, 1.165) is 11.1 Å². The average Bonchev–Trinajstić information content (AvgIpc) is 3.05. The van der Waals surface area contributed by atoms with Crippen molar-refractivity contribution in [2.24, 2.45) is 0 Å². The fraction of sp³-hybridized carbons (Fsp3) is 0.118. The van der Waals surface area contributed by atoms with Crippen LogP contribution in [0.1, 0.15) is 17.0 Å². The zero-order valence-electron chi connectivity index (χ0n) is 12.4. The first-order valence-electron chi connectivity index (χ1n) is 6.91. The lowest BCUT2D eigenvalue weighted by molar-refractivity contribution is 0.243. The van der Waals surface area contributed by atoms with Crippen LogP contribution in [0.4, 0.5) is 0 Å². The Morgan fingerprint density at radius 3 is 2.70 bits per heavy atom. The van der Waals surface area contributed by atoms with Crippen LogP contribution in [0.25, 0.3) is 11.4 Å². The molecule has 0 aliphatic carbocycles. The van der Waals surface area contributed by atoms with Crippen LogP contribution < -0.4 is 4.74 Å². The van der Waals surface area contributed by atoms with Crippen molar-refractivity contribution in [2.45, 2.75) is 13.5 Å². The van der Waals surface area contributed by atoms with E-state index in [9.17, 15) is 5.11 Å². The van der Waals surface area contributed by atoms with Crippen LogP contribution in [0.5, 0.6) is 11.5 Å². The van der Waals surface area contributed by atoms with Crippen LogP contribution in [-0.2, 0) is 6.61 Å². The molecular weight excluding hydrogens is 294 g/mol. The first-order chi connectivity index (χ1) is 11.2. The predicted molar refractivity (Wildman–Crippen MR) is 81.6 cm³/mol. The summed E-state index contributed by atoms with van der Waals surface area (Å²) in [6, 6.07) is 13.9. The summed E-state index contributed by atoms with van der Waals surface area (Å²) in [6.07, 6.45) is 0. The number of benzene rings is 2. The summed E-state index contributed by atoms with van der Waals surface area (Å²) in [5.41, 5.74) is 2.07. The summed E-state index contributed by atoms with van der Waals surface area (Å²) in [5, 5.41) is 22.2. The molecule has 1 N–H and O–H groups in total. The largest absolute Gasteiger partial charge is 0.508 e. The van der Waals surface area contributed by atoms with Crippen molar-refractivity contribution in [1.82, 2.24) is 10.1 Å². The third-order valence-electron chi connectivity index (χ3n) is 3.27. The molecule has 0 radical (unpaired) electrons. The van der Waals surface area contributed by atoms with E-state index < -0.39 is 0 Å². The number of hydrogen-bond acceptors (Lipinski definition) is 6. The Hall–Kier alpha value is -3.33. The molecule has 0 bridgehead atoms. The zero-order valence-corrected chi connectivity index (χ0v) is 12.4. The first kappa shape index (κ1) is 14.6. The van der Waals surface area contributed by atoms with E-state index in [1.165, 1.54) is 0 Å². The molecule has 0 fully saturated rings. The Labute approximate surface area is 132 Å². The molecule has 0 aliphatic heterocycles. The van der Waals surface area contributed by atoms with Gasteiger partial charge in [-0.2, -0.15) is 10.2 Å². The second-order valence-corrected chi connectivity index (χ2v) is 4.94. The van der Waals surface area contributed by atoms with Crippen LogP contribution in [0.3, 0.4) is 0 Å². The number of rotatable bonds is 4. The van der Waals surface area contributed by atoms with Crippen LogP contribution in [0.2, 0.25) is 0 Å². The third-order valence-corrected chi connectivity index (χ3v) is 3.27. The molecule has 6 nitrogen and oxygen atoms in total. The number of aromatic hydroxyl groups is 1. The van der Waals surface area contributed by atoms with Crippen LogP contribution in [0, 0.1) is 18.3 Å². The molecule has 0 spiro atoms. The molecule has 0 saturated heterocycles. The van der Waals surface area contributed by atoms with Gasteiger partial charge in [-0.15, -0.1) is 0 Å². The highest BCUT2D eigenvalue weighted by Crippen LogP contribution is 2.23. The highest BCUT2D eigenvalue weighted by molar-refractivity contribution is 5.57. The Morgan fingerprint density at radius 2 is 2.00 bits per heavy atom. The highest BCUT2D eigenvalue weighted by atomic mass is 16.5. The minimum absolute atomic E-state index is 0.135. The second-order valence-electron chi connectivity index (χ2n) is 4.94. The summed E-state index contributed by atoms with van der Waals surface area (Å²) >= 11 is 0. The maximum Gasteiger partial charge on any atom is 0.264 e. The van der Waals surface area contributed by atoms with Gasteiger partial charge in [-0.3, -0.25) is 0 Å². The standard InChI is InChI=1S/C17H13N3O3/c1-11-8-13(4-7-15(11)21)17-19-16(23-20-17)10-22-14-5-2-12(9-18)3-6-14/h2-8,21H,10H2,1H3. The molecule has 2 aromatic carbocycles. The topological polar surface area (TPSA) is 92.2 Å². The molecular formula is C17H13N3O3. The summed E-state index contributed by atoms with van der Waals surface area (Å²) in [4.78, 5) is 4.26. The van der Waals surface area contributed by atoms with Crippen molar-refractivity contribution in [2.75, 3.05) is 0 Å². The van der Waals surface area contributed by atoms with Gasteiger partial charge in [0.25, 0.3) is 5.89 Å². The Kier molecular flexibility index (Phi) is 3.93. The lowest BCUT2D eigenvalue weighted by atomic mass is 10.1. The molecule has 0 amide bonds. The van der Waals surface area contributed by atoms with E-state index in [2.05, 4.69) is 10.1 Å². The molecule has 0 aliphatic rings.